The zero-order valence-corrected chi connectivity index (χ0v) is 14.3. The molecule has 5 heteroatoms. The highest BCUT2D eigenvalue weighted by atomic mass is 35.5. The molecule has 4 rings (SSSR count). The Balaban J connectivity index is 1.86. The first-order valence-electron chi connectivity index (χ1n) is 8.00. The Morgan fingerprint density at radius 3 is 2.84 bits per heavy atom. The minimum Gasteiger partial charge on any atom is -0.507 e. The number of phenols is 1. The van der Waals surface area contributed by atoms with Gasteiger partial charge in [-0.15, -0.1) is 0 Å². The van der Waals surface area contributed by atoms with Gasteiger partial charge in [-0.2, -0.15) is 0 Å². The van der Waals surface area contributed by atoms with Crippen molar-refractivity contribution in [2.45, 2.75) is 6.92 Å². The van der Waals surface area contributed by atoms with Gasteiger partial charge in [0.25, 0.3) is 5.91 Å². The van der Waals surface area contributed by atoms with Gasteiger partial charge >= 0.3 is 0 Å². The Bertz CT molecular complexity index is 1040. The van der Waals surface area contributed by atoms with E-state index in [9.17, 15) is 9.90 Å². The molecule has 3 aromatic rings. The van der Waals surface area contributed by atoms with Crippen molar-refractivity contribution in [2.75, 3.05) is 11.4 Å². The molecule has 1 heterocycles. The average molecular weight is 351 g/mol. The summed E-state index contributed by atoms with van der Waals surface area (Å²) in [6.45, 7) is 2.59. The second-order valence-electron chi connectivity index (χ2n) is 5.84. The first-order valence-corrected chi connectivity index (χ1v) is 8.38. The summed E-state index contributed by atoms with van der Waals surface area (Å²) >= 11 is 5.98. The van der Waals surface area contributed by atoms with Crippen LogP contribution in [0.5, 0.6) is 5.75 Å². The molecule has 0 saturated carbocycles. The van der Waals surface area contributed by atoms with Gasteiger partial charge in [0.05, 0.1) is 11.4 Å². The van der Waals surface area contributed by atoms with E-state index in [0.29, 0.717) is 22.7 Å². The molecule has 0 spiro atoms. The molecule has 25 heavy (non-hydrogen) atoms. The molecular weight excluding hydrogens is 336 g/mol. The average Bonchev–Trinajstić information content (AvgIpc) is 2.90. The van der Waals surface area contributed by atoms with Crippen LogP contribution in [0.3, 0.4) is 0 Å². The van der Waals surface area contributed by atoms with Crippen molar-refractivity contribution in [3.8, 4) is 5.75 Å². The lowest BCUT2D eigenvalue weighted by molar-refractivity contribution is 0.0994. The monoisotopic (exact) mass is 350 g/mol. The third kappa shape index (κ3) is 2.46. The molecule has 0 aliphatic carbocycles. The Hall–Kier alpha value is -2.85. The molecule has 0 atom stereocenters. The quantitative estimate of drug-likeness (QED) is 0.681. The maximum atomic E-state index is 12.5. The van der Waals surface area contributed by atoms with Crippen LogP contribution in [0.15, 0.2) is 53.5 Å². The molecule has 0 bridgehead atoms. The summed E-state index contributed by atoms with van der Waals surface area (Å²) in [5.74, 6) is 0.142. The van der Waals surface area contributed by atoms with Crippen LogP contribution in [-0.2, 0) is 0 Å². The molecule has 1 aliphatic rings. The van der Waals surface area contributed by atoms with Gasteiger partial charge in [-0.1, -0.05) is 23.7 Å². The second-order valence-corrected chi connectivity index (χ2v) is 6.28. The summed E-state index contributed by atoms with van der Waals surface area (Å²) in [5.41, 5.74) is 2.91. The number of nitrogens with zero attached hydrogens (tertiary/aromatic N) is 2. The van der Waals surface area contributed by atoms with Crippen molar-refractivity contribution in [2.24, 2.45) is 4.99 Å². The fourth-order valence-corrected chi connectivity index (χ4v) is 3.41. The Morgan fingerprint density at radius 1 is 1.20 bits per heavy atom. The fraction of sp³-hybridized carbons (Fsp3) is 0.100. The van der Waals surface area contributed by atoms with Crippen LogP contribution in [-0.4, -0.2) is 23.8 Å². The molecule has 124 valence electrons. The van der Waals surface area contributed by atoms with Gasteiger partial charge in [0.2, 0.25) is 0 Å². The maximum Gasteiger partial charge on any atom is 0.258 e. The first kappa shape index (κ1) is 15.7. The highest BCUT2D eigenvalue weighted by Crippen LogP contribution is 2.41. The van der Waals surface area contributed by atoms with Gasteiger partial charge in [0, 0.05) is 39.7 Å². The number of aromatic hydroxyl groups is 1. The topological polar surface area (TPSA) is 52.9 Å². The SMILES string of the molecule is CCN1C(=O)c2cccc3c(N=Cc4cc(Cl)ccc4O)ccc1c23. The zero-order chi connectivity index (χ0) is 17.6. The van der Waals surface area contributed by atoms with E-state index >= 15 is 0 Å². The van der Waals surface area contributed by atoms with E-state index in [2.05, 4.69) is 4.99 Å². The van der Waals surface area contributed by atoms with E-state index in [-0.39, 0.29) is 11.7 Å². The standard InChI is InChI=1S/C20H15ClN2O2/c1-2-23-17-8-7-16(14-4-3-5-15(19(14)17)20(23)25)22-11-12-10-13(21)6-9-18(12)24/h3-11,24H,2H2,1H3. The van der Waals surface area contributed by atoms with Crippen LogP contribution in [0.4, 0.5) is 11.4 Å². The number of rotatable bonds is 3. The van der Waals surface area contributed by atoms with Crippen LogP contribution in [0.25, 0.3) is 10.8 Å². The highest BCUT2D eigenvalue weighted by molar-refractivity contribution is 6.31. The van der Waals surface area contributed by atoms with E-state index in [4.69, 9.17) is 11.6 Å². The lowest BCUT2D eigenvalue weighted by atomic mass is 10.0. The molecule has 1 N–H and O–H groups in total. The van der Waals surface area contributed by atoms with Crippen LogP contribution in [0.1, 0.15) is 22.8 Å². The Morgan fingerprint density at radius 2 is 2.04 bits per heavy atom. The van der Waals surface area contributed by atoms with Crippen LogP contribution in [0.2, 0.25) is 5.02 Å². The first-order chi connectivity index (χ1) is 12.1. The fourth-order valence-electron chi connectivity index (χ4n) is 3.23. The minimum absolute atomic E-state index is 0.0247. The highest BCUT2D eigenvalue weighted by Gasteiger charge is 2.29. The Kier molecular flexibility index (Phi) is 3.70. The number of aliphatic imine (C=N–C) groups is 1. The van der Waals surface area contributed by atoms with Crippen molar-refractivity contribution in [1.29, 1.82) is 0 Å². The molecule has 1 aliphatic heterocycles. The molecule has 0 aromatic heterocycles. The van der Waals surface area contributed by atoms with Crippen molar-refractivity contribution in [3.05, 3.63) is 64.7 Å². The summed E-state index contributed by atoms with van der Waals surface area (Å²) in [4.78, 5) is 18.8. The number of phenolic OH excluding ortho intramolecular Hbond substituents is 1. The normalized spacial score (nSPS) is 13.4. The number of amides is 1. The van der Waals surface area contributed by atoms with Gasteiger partial charge in [-0.25, -0.2) is 0 Å². The van der Waals surface area contributed by atoms with Crippen molar-refractivity contribution in [3.63, 3.8) is 0 Å². The Labute approximate surface area is 150 Å². The van der Waals surface area contributed by atoms with Gasteiger partial charge < -0.3 is 10.0 Å². The van der Waals surface area contributed by atoms with Crippen molar-refractivity contribution in [1.82, 2.24) is 0 Å². The van der Waals surface area contributed by atoms with E-state index in [0.717, 1.165) is 22.1 Å². The molecule has 1 amide bonds. The predicted molar refractivity (Wildman–Crippen MR) is 102 cm³/mol. The third-order valence-corrected chi connectivity index (χ3v) is 4.65. The number of hydrogen-bond acceptors (Lipinski definition) is 3. The predicted octanol–water partition coefficient (Wildman–Crippen LogP) is 4.93. The molecule has 0 fully saturated rings. The minimum atomic E-state index is 0.0247. The number of benzene rings is 3. The van der Waals surface area contributed by atoms with Gasteiger partial charge in [-0.05, 0) is 43.3 Å². The van der Waals surface area contributed by atoms with E-state index < -0.39 is 0 Å². The number of carbonyl (C=O) groups is 1. The molecular formula is C20H15ClN2O2. The van der Waals surface area contributed by atoms with E-state index in [1.807, 2.05) is 37.3 Å². The van der Waals surface area contributed by atoms with Crippen LogP contribution >= 0.6 is 11.6 Å². The van der Waals surface area contributed by atoms with Crippen LogP contribution < -0.4 is 4.90 Å². The number of anilines is 1. The maximum absolute atomic E-state index is 12.5. The number of hydrogen-bond donors (Lipinski definition) is 1. The van der Waals surface area contributed by atoms with E-state index in [1.165, 1.54) is 6.07 Å². The summed E-state index contributed by atoms with van der Waals surface area (Å²) in [6, 6.07) is 14.3. The molecule has 4 nitrogen and oxygen atoms in total. The van der Waals surface area contributed by atoms with E-state index in [1.54, 1.807) is 23.2 Å². The van der Waals surface area contributed by atoms with Crippen LogP contribution in [0, 0.1) is 0 Å². The van der Waals surface area contributed by atoms with Gasteiger partial charge in [0.1, 0.15) is 5.75 Å². The summed E-state index contributed by atoms with van der Waals surface area (Å²) < 4.78 is 0. The van der Waals surface area contributed by atoms with Crippen molar-refractivity contribution >= 4 is 45.9 Å². The molecule has 0 unspecified atom stereocenters. The molecule has 0 saturated heterocycles. The zero-order valence-electron chi connectivity index (χ0n) is 13.5. The number of halogens is 1. The summed E-state index contributed by atoms with van der Waals surface area (Å²) in [6.07, 6.45) is 1.58. The molecule has 3 aromatic carbocycles. The lowest BCUT2D eigenvalue weighted by Crippen LogP contribution is -2.25. The smallest absolute Gasteiger partial charge is 0.258 e. The third-order valence-electron chi connectivity index (χ3n) is 4.41. The molecule has 0 radical (unpaired) electrons. The number of carbonyl (C=O) groups excluding carboxylic acids is 1. The summed E-state index contributed by atoms with van der Waals surface area (Å²) in [7, 11) is 0. The summed E-state index contributed by atoms with van der Waals surface area (Å²) in [5, 5.41) is 12.3. The lowest BCUT2D eigenvalue weighted by Gasteiger charge is -2.14. The second kappa shape index (κ2) is 5.90. The van der Waals surface area contributed by atoms with Gasteiger partial charge in [-0.3, -0.25) is 9.79 Å². The largest absolute Gasteiger partial charge is 0.507 e. The van der Waals surface area contributed by atoms with Crippen molar-refractivity contribution < 1.29 is 9.90 Å². The van der Waals surface area contributed by atoms with Gasteiger partial charge in [0.15, 0.2) is 0 Å².